The Morgan fingerprint density at radius 3 is 2.80 bits per heavy atom. The number of para-hydroxylation sites is 1. The topological polar surface area (TPSA) is 67.8 Å². The number of carbonyl (C=O) groups is 1. The highest BCUT2D eigenvalue weighted by Crippen LogP contribution is 2.28. The molecule has 1 aromatic carbocycles. The number of carbonyl (C=O) groups excluding carboxylic acids is 1. The lowest BCUT2D eigenvalue weighted by atomic mass is 9.84. The molecule has 1 aromatic rings. The Labute approximate surface area is 149 Å². The van der Waals surface area contributed by atoms with Crippen molar-refractivity contribution in [2.75, 3.05) is 13.2 Å². The van der Waals surface area contributed by atoms with Crippen LogP contribution in [0.25, 0.3) is 0 Å². The van der Waals surface area contributed by atoms with Crippen molar-refractivity contribution in [2.24, 2.45) is 5.92 Å². The zero-order valence-corrected chi connectivity index (χ0v) is 14.7. The number of benzene rings is 1. The highest BCUT2D eigenvalue weighted by molar-refractivity contribution is 5.75. The molecule has 2 aliphatic rings. The van der Waals surface area contributed by atoms with Crippen molar-refractivity contribution in [3.63, 3.8) is 0 Å². The van der Waals surface area contributed by atoms with Gasteiger partial charge in [-0.3, -0.25) is 4.79 Å². The van der Waals surface area contributed by atoms with Gasteiger partial charge in [0.2, 0.25) is 5.91 Å². The average Bonchev–Trinajstić information content (AvgIpc) is 3.15. The fourth-order valence-corrected chi connectivity index (χ4v) is 3.75. The van der Waals surface area contributed by atoms with Gasteiger partial charge in [0, 0.05) is 25.5 Å². The van der Waals surface area contributed by atoms with E-state index in [4.69, 9.17) is 9.47 Å². The van der Waals surface area contributed by atoms with Gasteiger partial charge in [0.25, 0.3) is 0 Å². The van der Waals surface area contributed by atoms with Gasteiger partial charge < -0.3 is 19.9 Å². The lowest BCUT2D eigenvalue weighted by Crippen LogP contribution is -2.45. The summed E-state index contributed by atoms with van der Waals surface area (Å²) in [6.45, 7) is 1.34. The second-order valence-electron chi connectivity index (χ2n) is 7.13. The van der Waals surface area contributed by atoms with Gasteiger partial charge in [0.1, 0.15) is 11.9 Å². The van der Waals surface area contributed by atoms with Gasteiger partial charge in [-0.2, -0.15) is 0 Å². The summed E-state index contributed by atoms with van der Waals surface area (Å²) >= 11 is 0. The molecule has 1 amide bonds. The Bertz CT molecular complexity index is 530. The Hall–Kier alpha value is -1.59. The number of hydrogen-bond acceptors (Lipinski definition) is 4. The van der Waals surface area contributed by atoms with Crippen LogP contribution < -0.4 is 10.1 Å². The SMILES string of the molecule is O=C(CCC1CCCO1)NC[C@H]1CCC[C@@H](Oc2ccccc2)[C@@H]1O. The van der Waals surface area contributed by atoms with Crippen LogP contribution in [0, 0.1) is 5.92 Å². The molecule has 3 rings (SSSR count). The van der Waals surface area contributed by atoms with Crippen LogP contribution in [-0.4, -0.2) is 42.5 Å². The maximum atomic E-state index is 12.0. The predicted octanol–water partition coefficient (Wildman–Crippen LogP) is 2.67. The number of hydrogen-bond donors (Lipinski definition) is 2. The van der Waals surface area contributed by atoms with Gasteiger partial charge in [-0.1, -0.05) is 18.2 Å². The zero-order chi connectivity index (χ0) is 17.5. The molecule has 138 valence electrons. The summed E-state index contributed by atoms with van der Waals surface area (Å²) in [4.78, 5) is 12.0. The fourth-order valence-electron chi connectivity index (χ4n) is 3.75. The van der Waals surface area contributed by atoms with Crippen LogP contribution in [0.2, 0.25) is 0 Å². The zero-order valence-electron chi connectivity index (χ0n) is 14.7. The van der Waals surface area contributed by atoms with E-state index in [1.54, 1.807) is 0 Å². The quantitative estimate of drug-likeness (QED) is 0.796. The summed E-state index contributed by atoms with van der Waals surface area (Å²) in [5.74, 6) is 0.885. The Morgan fingerprint density at radius 1 is 1.20 bits per heavy atom. The molecule has 2 fully saturated rings. The summed E-state index contributed by atoms with van der Waals surface area (Å²) < 4.78 is 11.5. The van der Waals surface area contributed by atoms with Gasteiger partial charge in [-0.25, -0.2) is 0 Å². The van der Waals surface area contributed by atoms with E-state index >= 15 is 0 Å². The molecule has 1 saturated heterocycles. The van der Waals surface area contributed by atoms with Crippen molar-refractivity contribution < 1.29 is 19.4 Å². The minimum absolute atomic E-state index is 0.0498. The lowest BCUT2D eigenvalue weighted by Gasteiger charge is -2.35. The van der Waals surface area contributed by atoms with Crippen molar-refractivity contribution in [1.29, 1.82) is 0 Å². The first kappa shape index (κ1) is 18.2. The molecule has 0 bridgehead atoms. The van der Waals surface area contributed by atoms with Crippen molar-refractivity contribution in [3.8, 4) is 5.75 Å². The second-order valence-corrected chi connectivity index (χ2v) is 7.13. The monoisotopic (exact) mass is 347 g/mol. The first-order chi connectivity index (χ1) is 12.2. The molecule has 5 heteroatoms. The van der Waals surface area contributed by atoms with E-state index < -0.39 is 6.10 Å². The van der Waals surface area contributed by atoms with E-state index in [1.165, 1.54) is 0 Å². The first-order valence-electron chi connectivity index (χ1n) is 9.50. The smallest absolute Gasteiger partial charge is 0.220 e. The highest BCUT2D eigenvalue weighted by Gasteiger charge is 2.33. The molecule has 0 aromatic heterocycles. The summed E-state index contributed by atoms with van der Waals surface area (Å²) in [7, 11) is 0. The molecule has 1 saturated carbocycles. The molecule has 4 atom stereocenters. The van der Waals surface area contributed by atoms with Crippen LogP contribution in [0.5, 0.6) is 5.75 Å². The number of amides is 1. The molecule has 2 N–H and O–H groups in total. The number of ether oxygens (including phenoxy) is 2. The Kier molecular flexibility index (Phi) is 6.70. The van der Waals surface area contributed by atoms with Crippen molar-refractivity contribution in [1.82, 2.24) is 5.32 Å². The molecule has 1 unspecified atom stereocenters. The largest absolute Gasteiger partial charge is 0.488 e. The van der Waals surface area contributed by atoms with Crippen molar-refractivity contribution in [2.45, 2.75) is 63.3 Å². The van der Waals surface area contributed by atoms with Crippen LogP contribution in [0.3, 0.4) is 0 Å². The third-order valence-electron chi connectivity index (χ3n) is 5.24. The lowest BCUT2D eigenvalue weighted by molar-refractivity contribution is -0.122. The van der Waals surface area contributed by atoms with Crippen LogP contribution in [0.1, 0.15) is 44.9 Å². The number of nitrogens with one attached hydrogen (secondary N) is 1. The number of aliphatic hydroxyl groups is 1. The molecule has 5 nitrogen and oxygen atoms in total. The molecule has 1 heterocycles. The molecule has 25 heavy (non-hydrogen) atoms. The van der Waals surface area contributed by atoms with Crippen LogP contribution >= 0.6 is 0 Å². The molecule has 0 spiro atoms. The maximum Gasteiger partial charge on any atom is 0.220 e. The first-order valence-corrected chi connectivity index (χ1v) is 9.50. The van der Waals surface area contributed by atoms with E-state index in [9.17, 15) is 9.90 Å². The summed E-state index contributed by atoms with van der Waals surface area (Å²) in [6.07, 6.45) is 5.71. The predicted molar refractivity (Wildman–Crippen MR) is 95.4 cm³/mol. The second kappa shape index (κ2) is 9.20. The number of aliphatic hydroxyl groups excluding tert-OH is 1. The van der Waals surface area contributed by atoms with E-state index in [0.717, 1.165) is 50.9 Å². The van der Waals surface area contributed by atoms with Gasteiger partial charge >= 0.3 is 0 Å². The molecule has 0 radical (unpaired) electrons. The minimum atomic E-state index is -0.549. The fraction of sp³-hybridized carbons (Fsp3) is 0.650. The van der Waals surface area contributed by atoms with Gasteiger partial charge in [0.15, 0.2) is 0 Å². The van der Waals surface area contributed by atoms with E-state index in [0.29, 0.717) is 13.0 Å². The van der Waals surface area contributed by atoms with E-state index in [1.807, 2.05) is 30.3 Å². The third kappa shape index (κ3) is 5.44. The standard InChI is InChI=1S/C20H29NO4/c22-19(12-11-16-9-5-13-24-16)21-14-15-6-4-10-18(20(15)23)25-17-7-2-1-3-8-17/h1-3,7-8,15-16,18,20,23H,4-6,9-14H2,(H,21,22)/t15-,16?,18-,20-/m1/s1. The summed E-state index contributed by atoms with van der Waals surface area (Å²) in [5.41, 5.74) is 0. The average molecular weight is 347 g/mol. The normalized spacial score (nSPS) is 29.3. The van der Waals surface area contributed by atoms with Crippen LogP contribution in [-0.2, 0) is 9.53 Å². The number of rotatable bonds is 7. The Morgan fingerprint density at radius 2 is 2.04 bits per heavy atom. The molecule has 1 aliphatic carbocycles. The Balaban J connectivity index is 1.41. The van der Waals surface area contributed by atoms with Gasteiger partial charge in [-0.05, 0) is 50.7 Å². The summed E-state index contributed by atoms with van der Waals surface area (Å²) in [5, 5.41) is 13.6. The van der Waals surface area contributed by atoms with Gasteiger partial charge in [-0.15, -0.1) is 0 Å². The van der Waals surface area contributed by atoms with Crippen molar-refractivity contribution >= 4 is 5.91 Å². The van der Waals surface area contributed by atoms with Crippen LogP contribution in [0.15, 0.2) is 30.3 Å². The van der Waals surface area contributed by atoms with Crippen LogP contribution in [0.4, 0.5) is 0 Å². The van der Waals surface area contributed by atoms with Crippen molar-refractivity contribution in [3.05, 3.63) is 30.3 Å². The van der Waals surface area contributed by atoms with E-state index in [2.05, 4.69) is 5.32 Å². The summed E-state index contributed by atoms with van der Waals surface area (Å²) in [6, 6.07) is 9.61. The van der Waals surface area contributed by atoms with Gasteiger partial charge in [0.05, 0.1) is 12.2 Å². The molecular formula is C20H29NO4. The third-order valence-corrected chi connectivity index (χ3v) is 5.24. The molecular weight excluding hydrogens is 318 g/mol. The molecule has 1 aliphatic heterocycles. The highest BCUT2D eigenvalue weighted by atomic mass is 16.5. The minimum Gasteiger partial charge on any atom is -0.488 e. The van der Waals surface area contributed by atoms with E-state index in [-0.39, 0.29) is 24.0 Å². The maximum absolute atomic E-state index is 12.0.